The Balaban J connectivity index is 2.45. The molecule has 3 aromatic carbocycles. The fourth-order valence-corrected chi connectivity index (χ4v) is 6.95. The highest BCUT2D eigenvalue weighted by atomic mass is 31.2. The lowest BCUT2D eigenvalue weighted by atomic mass is 10.1. The van der Waals surface area contributed by atoms with Crippen LogP contribution in [0.25, 0.3) is 0 Å². The molecule has 0 amide bonds. The fourth-order valence-electron chi connectivity index (χ4n) is 3.00. The van der Waals surface area contributed by atoms with Crippen LogP contribution in [0.4, 0.5) is 0 Å². The van der Waals surface area contributed by atoms with Crippen LogP contribution in [-0.4, -0.2) is 5.54 Å². The van der Waals surface area contributed by atoms with Gasteiger partial charge >= 0.3 is 0 Å². The molecule has 1 nitrogen and oxygen atoms in total. The van der Waals surface area contributed by atoms with Crippen LogP contribution in [0.15, 0.2) is 95.7 Å². The van der Waals surface area contributed by atoms with Crippen molar-refractivity contribution in [3.05, 3.63) is 91.0 Å². The Bertz CT molecular complexity index is 728. The molecular weight excluding hydrogens is 309 g/mol. The standard InChI is InChI=1S/C22H24NP/c1-22(2,3)23-24(19-13-7-4-8-14-19,20-15-9-5-10-16-20)21-17-11-6-12-18-21/h4-18H,1-3H3. The van der Waals surface area contributed by atoms with Gasteiger partial charge < -0.3 is 0 Å². The van der Waals surface area contributed by atoms with Gasteiger partial charge in [-0.05, 0) is 20.8 Å². The largest absolute Gasteiger partial charge is 0.284 e. The van der Waals surface area contributed by atoms with Crippen molar-refractivity contribution in [2.75, 3.05) is 0 Å². The highest BCUT2D eigenvalue weighted by Crippen LogP contribution is 2.48. The molecule has 0 aliphatic heterocycles. The Labute approximate surface area is 145 Å². The van der Waals surface area contributed by atoms with Crippen molar-refractivity contribution >= 4 is 23.0 Å². The molecule has 0 aromatic heterocycles. The molecule has 0 atom stereocenters. The molecule has 0 saturated heterocycles. The number of rotatable bonds is 3. The number of benzene rings is 3. The number of hydrogen-bond donors (Lipinski definition) is 0. The van der Waals surface area contributed by atoms with Gasteiger partial charge in [0.2, 0.25) is 0 Å². The molecule has 0 N–H and O–H groups in total. The number of nitrogens with zero attached hydrogens (tertiary/aromatic N) is 1. The van der Waals surface area contributed by atoms with Gasteiger partial charge in [0.25, 0.3) is 0 Å². The summed E-state index contributed by atoms with van der Waals surface area (Å²) in [4.78, 5) is 0. The zero-order chi connectivity index (χ0) is 17.0. The molecule has 3 aromatic rings. The molecule has 0 unspecified atom stereocenters. The van der Waals surface area contributed by atoms with E-state index in [-0.39, 0.29) is 5.54 Å². The van der Waals surface area contributed by atoms with E-state index in [1.54, 1.807) is 0 Å². The Kier molecular flexibility index (Phi) is 4.73. The quantitative estimate of drug-likeness (QED) is 0.601. The summed E-state index contributed by atoms with van der Waals surface area (Å²) in [6.45, 7) is 6.57. The van der Waals surface area contributed by atoms with Crippen LogP contribution in [0.2, 0.25) is 0 Å². The zero-order valence-corrected chi connectivity index (χ0v) is 15.4. The average Bonchev–Trinajstić information content (AvgIpc) is 2.61. The van der Waals surface area contributed by atoms with Crippen molar-refractivity contribution < 1.29 is 0 Å². The molecule has 122 valence electrons. The van der Waals surface area contributed by atoms with E-state index in [9.17, 15) is 0 Å². The summed E-state index contributed by atoms with van der Waals surface area (Å²) in [5, 5.41) is 3.91. The summed E-state index contributed by atoms with van der Waals surface area (Å²) in [6, 6.07) is 32.3. The second kappa shape index (κ2) is 6.79. The van der Waals surface area contributed by atoms with Gasteiger partial charge in [0.1, 0.15) is 0 Å². The summed E-state index contributed by atoms with van der Waals surface area (Å²) in [5.74, 6) is 0. The van der Waals surface area contributed by atoms with E-state index in [0.717, 1.165) is 0 Å². The molecular formula is C22H24NP. The summed E-state index contributed by atoms with van der Waals surface area (Å²) in [5.41, 5.74) is -0.130. The third-order valence-electron chi connectivity index (χ3n) is 3.84. The first kappa shape index (κ1) is 16.7. The molecule has 3 rings (SSSR count). The molecule has 0 heterocycles. The van der Waals surface area contributed by atoms with Crippen LogP contribution in [0.3, 0.4) is 0 Å². The predicted molar refractivity (Wildman–Crippen MR) is 107 cm³/mol. The van der Waals surface area contributed by atoms with Gasteiger partial charge in [-0.3, -0.25) is 4.74 Å². The lowest BCUT2D eigenvalue weighted by Crippen LogP contribution is -2.28. The molecule has 0 saturated carbocycles. The fraction of sp³-hybridized carbons (Fsp3) is 0.182. The minimum Gasteiger partial charge on any atom is -0.284 e. The van der Waals surface area contributed by atoms with Gasteiger partial charge in [-0.2, -0.15) is 0 Å². The van der Waals surface area contributed by atoms with E-state index in [1.165, 1.54) is 15.9 Å². The minimum absolute atomic E-state index is 0.130. The van der Waals surface area contributed by atoms with E-state index < -0.39 is 7.05 Å². The van der Waals surface area contributed by atoms with E-state index in [2.05, 4.69) is 112 Å². The van der Waals surface area contributed by atoms with Gasteiger partial charge in [0, 0.05) is 15.9 Å². The Hall–Kier alpha value is -2.11. The summed E-state index contributed by atoms with van der Waals surface area (Å²) >= 11 is 0. The Morgan fingerprint density at radius 1 is 0.542 bits per heavy atom. The Morgan fingerprint density at radius 3 is 1.08 bits per heavy atom. The lowest BCUT2D eigenvalue weighted by Gasteiger charge is -2.31. The van der Waals surface area contributed by atoms with Crippen molar-refractivity contribution in [2.24, 2.45) is 4.74 Å². The third-order valence-corrected chi connectivity index (χ3v) is 7.88. The molecule has 24 heavy (non-hydrogen) atoms. The third kappa shape index (κ3) is 3.37. The van der Waals surface area contributed by atoms with Crippen molar-refractivity contribution in [3.8, 4) is 0 Å². The molecule has 0 bridgehead atoms. The molecule has 0 aliphatic carbocycles. The van der Waals surface area contributed by atoms with E-state index in [0.29, 0.717) is 0 Å². The first-order chi connectivity index (χ1) is 11.5. The van der Waals surface area contributed by atoms with Crippen LogP contribution < -0.4 is 15.9 Å². The second-order valence-electron chi connectivity index (χ2n) is 6.91. The maximum Gasteiger partial charge on any atom is 0.0554 e. The van der Waals surface area contributed by atoms with E-state index in [4.69, 9.17) is 4.74 Å². The first-order valence-electron chi connectivity index (χ1n) is 8.33. The molecule has 0 spiro atoms. The maximum absolute atomic E-state index is 5.46. The van der Waals surface area contributed by atoms with Crippen LogP contribution >= 0.6 is 7.05 Å². The second-order valence-corrected chi connectivity index (χ2v) is 9.93. The summed E-state index contributed by atoms with van der Waals surface area (Å²) in [7, 11) is -2.05. The smallest absolute Gasteiger partial charge is 0.0554 e. The monoisotopic (exact) mass is 333 g/mol. The van der Waals surface area contributed by atoms with Crippen LogP contribution in [0.1, 0.15) is 20.8 Å². The van der Waals surface area contributed by atoms with Gasteiger partial charge in [-0.1, -0.05) is 91.0 Å². The molecule has 0 fully saturated rings. The molecule has 0 radical (unpaired) electrons. The molecule has 0 aliphatic rings. The molecule has 2 heteroatoms. The van der Waals surface area contributed by atoms with Gasteiger partial charge in [-0.25, -0.2) is 0 Å². The average molecular weight is 333 g/mol. The minimum atomic E-state index is -2.05. The summed E-state index contributed by atoms with van der Waals surface area (Å²) < 4.78 is 5.46. The van der Waals surface area contributed by atoms with Gasteiger partial charge in [0.15, 0.2) is 0 Å². The Morgan fingerprint density at radius 2 is 0.833 bits per heavy atom. The summed E-state index contributed by atoms with van der Waals surface area (Å²) in [6.07, 6.45) is 0. The van der Waals surface area contributed by atoms with Crippen molar-refractivity contribution in [3.63, 3.8) is 0 Å². The zero-order valence-electron chi connectivity index (χ0n) is 14.6. The first-order valence-corrected chi connectivity index (χ1v) is 10.1. The van der Waals surface area contributed by atoms with E-state index >= 15 is 0 Å². The number of hydrogen-bond acceptors (Lipinski definition) is 1. The van der Waals surface area contributed by atoms with Gasteiger partial charge in [0.05, 0.1) is 12.6 Å². The highest BCUT2D eigenvalue weighted by molar-refractivity contribution is 7.87. The lowest BCUT2D eigenvalue weighted by molar-refractivity contribution is 0.591. The maximum atomic E-state index is 5.46. The van der Waals surface area contributed by atoms with Crippen LogP contribution in [0.5, 0.6) is 0 Å². The predicted octanol–water partition coefficient (Wildman–Crippen LogP) is 4.96. The van der Waals surface area contributed by atoms with E-state index in [1.807, 2.05) is 0 Å². The normalized spacial score (nSPS) is 12.0. The van der Waals surface area contributed by atoms with Crippen LogP contribution in [-0.2, 0) is 0 Å². The topological polar surface area (TPSA) is 12.4 Å². The highest BCUT2D eigenvalue weighted by Gasteiger charge is 2.29. The SMILES string of the molecule is CC(C)(C)N=P(c1ccccc1)(c1ccccc1)c1ccccc1. The van der Waals surface area contributed by atoms with Crippen molar-refractivity contribution in [1.29, 1.82) is 0 Å². The van der Waals surface area contributed by atoms with Crippen molar-refractivity contribution in [2.45, 2.75) is 26.3 Å². The van der Waals surface area contributed by atoms with Gasteiger partial charge in [-0.15, -0.1) is 0 Å². The van der Waals surface area contributed by atoms with Crippen molar-refractivity contribution in [1.82, 2.24) is 0 Å². The van der Waals surface area contributed by atoms with Crippen LogP contribution in [0, 0.1) is 0 Å².